The van der Waals surface area contributed by atoms with Crippen molar-refractivity contribution in [2.24, 2.45) is 22.7 Å². The third kappa shape index (κ3) is 4.15. The maximum absolute atomic E-state index is 14.6. The number of hydrogen-bond donors (Lipinski definition) is 4. The van der Waals surface area contributed by atoms with Crippen LogP contribution in [0.4, 0.5) is 0 Å². The monoisotopic (exact) mass is 600 g/mol. The van der Waals surface area contributed by atoms with Gasteiger partial charge in [0.05, 0.1) is 5.56 Å². The van der Waals surface area contributed by atoms with E-state index in [0.29, 0.717) is 17.5 Å². The average molecular weight is 601 g/mol. The van der Waals surface area contributed by atoms with Crippen LogP contribution < -0.4 is 0 Å². The second kappa shape index (κ2) is 10.4. The lowest BCUT2D eigenvalue weighted by molar-refractivity contribution is -0.171. The first-order chi connectivity index (χ1) is 20.5. The fraction of sp³-hybridized carbons (Fsp3) is 0.486. The summed E-state index contributed by atoms with van der Waals surface area (Å²) in [6.07, 6.45) is 9.89. The van der Waals surface area contributed by atoms with Crippen LogP contribution in [0.2, 0.25) is 0 Å². The Labute approximate surface area is 259 Å². The normalized spacial score (nSPS) is 30.2. The van der Waals surface area contributed by atoms with E-state index < -0.39 is 51.0 Å². The van der Waals surface area contributed by atoms with Gasteiger partial charge in [0.15, 0.2) is 17.2 Å². The molecule has 0 heterocycles. The Bertz CT molecular complexity index is 1660. The van der Waals surface area contributed by atoms with E-state index in [4.69, 9.17) is 0 Å². The summed E-state index contributed by atoms with van der Waals surface area (Å²) < 4.78 is 0. The maximum atomic E-state index is 14.6. The topological polar surface area (TPSA) is 132 Å². The predicted molar refractivity (Wildman–Crippen MR) is 169 cm³/mol. The SMILES string of the molecule is CC/C=C/C1=CC=C(c2cc(C(C)C)c3c(c2O)C(=O)C2=C(O)[C@@]4(O)C(=O)C(C(C)=O)=C(O)C(C(C)C)[C@@]4(C)C[C@@]2(C)C3)C1. The van der Waals surface area contributed by atoms with Crippen LogP contribution in [0, 0.1) is 22.7 Å². The number of benzene rings is 1. The van der Waals surface area contributed by atoms with Gasteiger partial charge in [-0.05, 0) is 72.8 Å². The molecule has 0 radical (unpaired) electrons. The smallest absolute Gasteiger partial charge is 0.209 e. The molecular weight excluding hydrogens is 556 g/mol. The van der Waals surface area contributed by atoms with Crippen LogP contribution in [-0.4, -0.2) is 43.4 Å². The van der Waals surface area contributed by atoms with Crippen LogP contribution in [0.15, 0.2) is 58.6 Å². The first kappa shape index (κ1) is 31.7. The number of fused-ring (bicyclic) bond motifs is 3. The van der Waals surface area contributed by atoms with Crippen LogP contribution in [0.25, 0.3) is 5.57 Å². The minimum Gasteiger partial charge on any atom is -0.511 e. The van der Waals surface area contributed by atoms with Gasteiger partial charge in [0.1, 0.15) is 22.8 Å². The van der Waals surface area contributed by atoms with E-state index in [-0.39, 0.29) is 47.3 Å². The minimum atomic E-state index is -2.62. The lowest BCUT2D eigenvalue weighted by Crippen LogP contribution is -2.67. The molecule has 234 valence electrons. The van der Waals surface area contributed by atoms with Crippen molar-refractivity contribution >= 4 is 22.9 Å². The van der Waals surface area contributed by atoms with Crippen molar-refractivity contribution in [1.82, 2.24) is 0 Å². The number of aliphatic hydroxyl groups excluding tert-OH is 2. The summed E-state index contributed by atoms with van der Waals surface area (Å²) in [7, 11) is 0. The number of aliphatic hydroxyl groups is 3. The average Bonchev–Trinajstić information content (AvgIpc) is 3.37. The van der Waals surface area contributed by atoms with Gasteiger partial charge in [0.25, 0.3) is 0 Å². The Morgan fingerprint density at radius 1 is 1.09 bits per heavy atom. The number of ketones is 3. The van der Waals surface area contributed by atoms with E-state index >= 15 is 0 Å². The van der Waals surface area contributed by atoms with E-state index in [1.807, 2.05) is 52.8 Å². The molecule has 4 aliphatic carbocycles. The number of phenolic OH excluding ortho intramolecular Hbond substituents is 1. The summed E-state index contributed by atoms with van der Waals surface area (Å²) in [6.45, 7) is 14.4. The second-order valence-corrected chi connectivity index (χ2v) is 14.3. The third-order valence-corrected chi connectivity index (χ3v) is 10.5. The van der Waals surface area contributed by atoms with Crippen molar-refractivity contribution in [3.63, 3.8) is 0 Å². The van der Waals surface area contributed by atoms with Crippen molar-refractivity contribution < 1.29 is 34.8 Å². The summed E-state index contributed by atoms with van der Waals surface area (Å²) in [5.74, 6) is -5.00. The fourth-order valence-corrected chi connectivity index (χ4v) is 8.70. The number of carbonyl (C=O) groups excluding carboxylic acids is 3. The molecule has 1 aromatic rings. The number of Topliss-reactive ketones (excluding diaryl/α,β-unsaturated/α-hetero) is 3. The van der Waals surface area contributed by atoms with Gasteiger partial charge in [0.2, 0.25) is 5.78 Å². The summed E-state index contributed by atoms with van der Waals surface area (Å²) in [4.78, 5) is 41.1. The molecule has 0 aromatic heterocycles. The molecular formula is C37H44O7. The van der Waals surface area contributed by atoms with E-state index in [1.165, 1.54) is 0 Å². The van der Waals surface area contributed by atoms with Crippen molar-refractivity contribution in [3.8, 4) is 5.75 Å². The third-order valence-electron chi connectivity index (χ3n) is 10.5. The molecule has 4 N–H and O–H groups in total. The molecule has 0 spiro atoms. The molecule has 7 nitrogen and oxygen atoms in total. The Kier molecular flexibility index (Phi) is 7.52. The van der Waals surface area contributed by atoms with E-state index in [2.05, 4.69) is 19.1 Å². The molecule has 0 amide bonds. The zero-order valence-corrected chi connectivity index (χ0v) is 27.0. The number of carbonyl (C=O) groups is 3. The molecule has 0 bridgehead atoms. The number of rotatable bonds is 6. The number of phenols is 1. The summed E-state index contributed by atoms with van der Waals surface area (Å²) in [6, 6.07) is 1.96. The van der Waals surface area contributed by atoms with Crippen LogP contribution in [0.5, 0.6) is 5.75 Å². The molecule has 0 aliphatic heterocycles. The van der Waals surface area contributed by atoms with Crippen LogP contribution in [0.3, 0.4) is 0 Å². The molecule has 4 aliphatic rings. The lowest BCUT2D eigenvalue weighted by Gasteiger charge is -2.59. The van der Waals surface area contributed by atoms with Gasteiger partial charge >= 0.3 is 0 Å². The van der Waals surface area contributed by atoms with Crippen LogP contribution in [-0.2, 0) is 16.0 Å². The minimum absolute atomic E-state index is 0.00827. The Hall–Kier alpha value is -3.71. The Balaban J connectivity index is 1.75. The molecule has 1 unspecified atom stereocenters. The highest BCUT2D eigenvalue weighted by Gasteiger charge is 2.71. The van der Waals surface area contributed by atoms with Crippen molar-refractivity contribution in [2.45, 2.75) is 92.6 Å². The predicted octanol–water partition coefficient (Wildman–Crippen LogP) is 7.15. The van der Waals surface area contributed by atoms with Gasteiger partial charge in [-0.25, -0.2) is 0 Å². The number of hydrogen-bond acceptors (Lipinski definition) is 7. The standard InChI is InChI=1S/C37H44O7/c1-9-10-11-21-12-13-22(14-21)24-15-23(18(2)3)25-16-35(7)17-36(8)28(19(4)5)31(40)26(20(6)38)33(42)37(36,44)34(43)29(35)32(41)27(25)30(24)39/h10-13,15,18-19,28,39-40,43-44H,9,14,16-17H2,1-8H3/b11-10+/t28?,35-,36-,37+/m1/s1. The van der Waals surface area contributed by atoms with Crippen LogP contribution >= 0.6 is 0 Å². The molecule has 0 fully saturated rings. The molecule has 0 saturated heterocycles. The highest BCUT2D eigenvalue weighted by atomic mass is 16.3. The molecule has 5 rings (SSSR count). The van der Waals surface area contributed by atoms with Gasteiger partial charge in [-0.1, -0.05) is 72.8 Å². The second-order valence-electron chi connectivity index (χ2n) is 14.3. The molecule has 1 aromatic carbocycles. The fourth-order valence-electron chi connectivity index (χ4n) is 8.70. The summed E-state index contributed by atoms with van der Waals surface area (Å²) in [5, 5.41) is 47.3. The van der Waals surface area contributed by atoms with Gasteiger partial charge in [-0.15, -0.1) is 0 Å². The first-order valence-corrected chi connectivity index (χ1v) is 15.6. The van der Waals surface area contributed by atoms with Gasteiger partial charge in [-0.2, -0.15) is 0 Å². The molecule has 4 atom stereocenters. The number of aromatic hydroxyl groups is 1. The van der Waals surface area contributed by atoms with Crippen molar-refractivity contribution in [1.29, 1.82) is 0 Å². The summed E-state index contributed by atoms with van der Waals surface area (Å²) >= 11 is 0. The molecule has 0 saturated carbocycles. The van der Waals surface area contributed by atoms with E-state index in [0.717, 1.165) is 30.1 Å². The van der Waals surface area contributed by atoms with Gasteiger partial charge in [-0.3, -0.25) is 14.4 Å². The first-order valence-electron chi connectivity index (χ1n) is 15.6. The van der Waals surface area contributed by atoms with Gasteiger partial charge < -0.3 is 20.4 Å². The molecule has 44 heavy (non-hydrogen) atoms. The van der Waals surface area contributed by atoms with Gasteiger partial charge in [0, 0.05) is 27.9 Å². The lowest BCUT2D eigenvalue weighted by atomic mass is 9.44. The highest BCUT2D eigenvalue weighted by molar-refractivity contribution is 6.25. The van der Waals surface area contributed by atoms with Crippen molar-refractivity contribution in [3.05, 3.63) is 80.9 Å². The quantitative estimate of drug-likeness (QED) is 0.255. The maximum Gasteiger partial charge on any atom is 0.209 e. The van der Waals surface area contributed by atoms with E-state index in [1.54, 1.807) is 6.92 Å². The highest BCUT2D eigenvalue weighted by Crippen LogP contribution is 2.65. The zero-order chi connectivity index (χ0) is 32.7. The summed E-state index contributed by atoms with van der Waals surface area (Å²) in [5.41, 5.74) is -1.62. The largest absolute Gasteiger partial charge is 0.511 e. The zero-order valence-electron chi connectivity index (χ0n) is 27.0. The van der Waals surface area contributed by atoms with Crippen LogP contribution in [0.1, 0.15) is 108 Å². The van der Waals surface area contributed by atoms with Crippen molar-refractivity contribution in [2.75, 3.05) is 0 Å². The Morgan fingerprint density at radius 3 is 2.32 bits per heavy atom. The number of allylic oxidation sites excluding steroid dienone is 8. The van der Waals surface area contributed by atoms with E-state index in [9.17, 15) is 34.8 Å². The Morgan fingerprint density at radius 2 is 1.75 bits per heavy atom. The molecule has 7 heteroatoms.